The van der Waals surface area contributed by atoms with E-state index in [-0.39, 0.29) is 5.91 Å². The van der Waals surface area contributed by atoms with Crippen LogP contribution >= 0.6 is 0 Å². The van der Waals surface area contributed by atoms with Crippen LogP contribution in [0.5, 0.6) is 0 Å². The molecule has 0 atom stereocenters. The van der Waals surface area contributed by atoms with Gasteiger partial charge in [0.1, 0.15) is 0 Å². The Morgan fingerprint density at radius 2 is 2.19 bits per heavy atom. The number of anilines is 1. The summed E-state index contributed by atoms with van der Waals surface area (Å²) in [6.07, 6.45) is 3.40. The van der Waals surface area contributed by atoms with Crippen LogP contribution in [0.25, 0.3) is 0 Å². The quantitative estimate of drug-likeness (QED) is 0.732. The average molecular weight is 225 g/mol. The minimum Gasteiger partial charge on any atom is -0.396 e. The number of aromatic nitrogens is 2. The minimum atomic E-state index is 0.0995. The van der Waals surface area contributed by atoms with E-state index < -0.39 is 0 Å². The highest BCUT2D eigenvalue weighted by Crippen LogP contribution is 1.97. The lowest BCUT2D eigenvalue weighted by Crippen LogP contribution is -2.35. The third-order valence-electron chi connectivity index (χ3n) is 2.27. The lowest BCUT2D eigenvalue weighted by Gasteiger charge is -2.18. The van der Waals surface area contributed by atoms with Gasteiger partial charge in [-0.2, -0.15) is 5.10 Å². The third kappa shape index (κ3) is 3.90. The van der Waals surface area contributed by atoms with Crippen LogP contribution in [0.2, 0.25) is 0 Å². The van der Waals surface area contributed by atoms with Gasteiger partial charge in [0.05, 0.1) is 25.0 Å². The average Bonchev–Trinajstić information content (AvgIpc) is 2.61. The van der Waals surface area contributed by atoms with Crippen molar-refractivity contribution in [3.05, 3.63) is 12.4 Å². The number of likely N-dealkylation sites (N-methyl/N-ethyl adjacent to an activating group) is 2. The molecule has 1 aromatic rings. The van der Waals surface area contributed by atoms with Crippen LogP contribution in [0.3, 0.4) is 0 Å². The smallest absolute Gasteiger partial charge is 0.236 e. The van der Waals surface area contributed by atoms with Crippen molar-refractivity contribution >= 4 is 11.6 Å². The van der Waals surface area contributed by atoms with Gasteiger partial charge in [0.2, 0.25) is 5.91 Å². The Bertz CT molecular complexity index is 347. The van der Waals surface area contributed by atoms with Gasteiger partial charge in [-0.25, -0.2) is 0 Å². The zero-order valence-corrected chi connectivity index (χ0v) is 10.1. The first kappa shape index (κ1) is 12.5. The number of nitrogens with zero attached hydrogens (tertiary/aromatic N) is 4. The standard InChI is InChI=1S/C10H19N5O/c1-13(2)10(16)8-14(3)4-5-15-7-9(11)6-12-15/h6-7H,4-5,8,11H2,1-3H3. The zero-order valence-electron chi connectivity index (χ0n) is 10.1. The maximum absolute atomic E-state index is 11.4. The van der Waals surface area contributed by atoms with Crippen LogP contribution in [0.15, 0.2) is 12.4 Å². The zero-order chi connectivity index (χ0) is 12.1. The highest BCUT2D eigenvalue weighted by Gasteiger charge is 2.08. The number of hydrogen-bond acceptors (Lipinski definition) is 4. The molecule has 0 fully saturated rings. The predicted molar refractivity (Wildman–Crippen MR) is 62.8 cm³/mol. The molecular formula is C10H19N5O. The summed E-state index contributed by atoms with van der Waals surface area (Å²) in [5.74, 6) is 0.0995. The summed E-state index contributed by atoms with van der Waals surface area (Å²) in [6.45, 7) is 1.92. The highest BCUT2D eigenvalue weighted by atomic mass is 16.2. The monoisotopic (exact) mass is 225 g/mol. The molecule has 16 heavy (non-hydrogen) atoms. The lowest BCUT2D eigenvalue weighted by molar-refractivity contribution is -0.129. The molecule has 1 aromatic heterocycles. The number of rotatable bonds is 5. The van der Waals surface area contributed by atoms with Crippen molar-refractivity contribution in [3.8, 4) is 0 Å². The van der Waals surface area contributed by atoms with Gasteiger partial charge < -0.3 is 10.6 Å². The lowest BCUT2D eigenvalue weighted by atomic mass is 10.4. The molecule has 2 N–H and O–H groups in total. The van der Waals surface area contributed by atoms with Gasteiger partial charge in [0.25, 0.3) is 0 Å². The second kappa shape index (κ2) is 5.50. The van der Waals surface area contributed by atoms with Gasteiger partial charge in [-0.1, -0.05) is 0 Å². The molecule has 6 nitrogen and oxygen atoms in total. The van der Waals surface area contributed by atoms with Crippen LogP contribution in [-0.4, -0.2) is 59.7 Å². The van der Waals surface area contributed by atoms with Gasteiger partial charge >= 0.3 is 0 Å². The molecule has 6 heteroatoms. The highest BCUT2D eigenvalue weighted by molar-refractivity contribution is 5.77. The molecule has 0 aliphatic carbocycles. The number of carbonyl (C=O) groups excluding carboxylic acids is 1. The van der Waals surface area contributed by atoms with Crippen molar-refractivity contribution in [1.29, 1.82) is 0 Å². The molecule has 90 valence electrons. The van der Waals surface area contributed by atoms with Crippen LogP contribution in [0.4, 0.5) is 5.69 Å². The van der Waals surface area contributed by atoms with Crippen molar-refractivity contribution in [1.82, 2.24) is 19.6 Å². The summed E-state index contributed by atoms with van der Waals surface area (Å²) in [6, 6.07) is 0. The summed E-state index contributed by atoms with van der Waals surface area (Å²) in [4.78, 5) is 15.0. The fourth-order valence-electron chi connectivity index (χ4n) is 1.23. The van der Waals surface area contributed by atoms with Crippen molar-refractivity contribution < 1.29 is 4.79 Å². The maximum atomic E-state index is 11.4. The topological polar surface area (TPSA) is 67.4 Å². The number of nitrogens with two attached hydrogens (primary N) is 1. The van der Waals surface area contributed by atoms with Crippen molar-refractivity contribution in [3.63, 3.8) is 0 Å². The Morgan fingerprint density at radius 3 is 2.69 bits per heavy atom. The van der Waals surface area contributed by atoms with E-state index >= 15 is 0 Å². The van der Waals surface area contributed by atoms with Crippen molar-refractivity contribution in [2.75, 3.05) is 40.0 Å². The van der Waals surface area contributed by atoms with Gasteiger partial charge in [-0.05, 0) is 7.05 Å². The summed E-state index contributed by atoms with van der Waals surface area (Å²) >= 11 is 0. The summed E-state index contributed by atoms with van der Waals surface area (Å²) in [7, 11) is 5.42. The van der Waals surface area contributed by atoms with Crippen LogP contribution in [0, 0.1) is 0 Å². The summed E-state index contributed by atoms with van der Waals surface area (Å²) < 4.78 is 1.77. The van der Waals surface area contributed by atoms with Crippen molar-refractivity contribution in [2.24, 2.45) is 0 Å². The largest absolute Gasteiger partial charge is 0.396 e. The van der Waals surface area contributed by atoms with E-state index in [1.54, 1.807) is 36.1 Å². The predicted octanol–water partition coefficient (Wildman–Crippen LogP) is -0.515. The number of amides is 1. The molecule has 0 aliphatic heterocycles. The molecule has 0 aliphatic rings. The summed E-state index contributed by atoms with van der Waals surface area (Å²) in [5, 5.41) is 4.07. The van der Waals surface area contributed by atoms with Crippen LogP contribution in [0.1, 0.15) is 0 Å². The molecule has 0 radical (unpaired) electrons. The number of hydrogen-bond donors (Lipinski definition) is 1. The molecule has 1 heterocycles. The van der Waals surface area contributed by atoms with Gasteiger partial charge in [-0.15, -0.1) is 0 Å². The normalized spacial score (nSPS) is 10.8. The van der Waals surface area contributed by atoms with Gasteiger partial charge in [-0.3, -0.25) is 14.4 Å². The van der Waals surface area contributed by atoms with Gasteiger partial charge in [0.15, 0.2) is 0 Å². The molecule has 0 spiro atoms. The number of carbonyl (C=O) groups is 1. The molecule has 0 bridgehead atoms. The second-order valence-electron chi connectivity index (χ2n) is 4.06. The van der Waals surface area contributed by atoms with Gasteiger partial charge in [0, 0.05) is 26.8 Å². The minimum absolute atomic E-state index is 0.0995. The molecule has 0 unspecified atom stereocenters. The van der Waals surface area contributed by atoms with Crippen molar-refractivity contribution in [2.45, 2.75) is 6.54 Å². The molecule has 0 saturated heterocycles. The van der Waals surface area contributed by atoms with Crippen LogP contribution < -0.4 is 5.73 Å². The van der Waals surface area contributed by atoms with E-state index in [1.807, 2.05) is 11.9 Å². The Labute approximate surface area is 95.6 Å². The van der Waals surface area contributed by atoms with E-state index in [1.165, 1.54) is 0 Å². The maximum Gasteiger partial charge on any atom is 0.236 e. The third-order valence-corrected chi connectivity index (χ3v) is 2.27. The summed E-state index contributed by atoms with van der Waals surface area (Å²) in [5.41, 5.74) is 6.21. The first-order valence-corrected chi connectivity index (χ1v) is 5.15. The van der Waals surface area contributed by atoms with E-state index in [9.17, 15) is 4.79 Å². The molecular weight excluding hydrogens is 206 g/mol. The molecule has 0 aromatic carbocycles. The Hall–Kier alpha value is -1.56. The first-order valence-electron chi connectivity index (χ1n) is 5.15. The van der Waals surface area contributed by atoms with E-state index in [4.69, 9.17) is 5.73 Å². The second-order valence-corrected chi connectivity index (χ2v) is 4.06. The Morgan fingerprint density at radius 1 is 1.50 bits per heavy atom. The Kier molecular flexibility index (Phi) is 4.30. The fraction of sp³-hybridized carbons (Fsp3) is 0.600. The molecule has 0 saturated carbocycles. The van der Waals surface area contributed by atoms with E-state index in [2.05, 4.69) is 5.10 Å². The SMILES string of the molecule is CN(CCn1cc(N)cn1)CC(=O)N(C)C. The van der Waals surface area contributed by atoms with E-state index in [0.29, 0.717) is 12.2 Å². The van der Waals surface area contributed by atoms with E-state index in [0.717, 1.165) is 13.1 Å². The number of nitrogen functional groups attached to an aromatic ring is 1. The fourth-order valence-corrected chi connectivity index (χ4v) is 1.23. The Balaban J connectivity index is 2.30. The first-order chi connectivity index (χ1) is 7.49. The van der Waals surface area contributed by atoms with Crippen LogP contribution in [-0.2, 0) is 11.3 Å². The molecule has 1 amide bonds. The molecule has 1 rings (SSSR count).